The van der Waals surface area contributed by atoms with Crippen LogP contribution in [0.25, 0.3) is 0 Å². The molecule has 2 heterocycles. The number of alkyl halides is 3. The van der Waals surface area contributed by atoms with Gasteiger partial charge in [-0.15, -0.1) is 0 Å². The summed E-state index contributed by atoms with van der Waals surface area (Å²) in [7, 11) is 0. The first-order valence-electron chi connectivity index (χ1n) is 10.1. The molecule has 3 rings (SSSR count). The number of aliphatic imine (C=N–C) groups is 1. The van der Waals surface area contributed by atoms with E-state index in [1.54, 1.807) is 13.0 Å². The average molecular weight is 437 g/mol. The molecule has 1 aromatic heterocycles. The number of aromatic amines is 1. The highest BCUT2D eigenvalue weighted by Gasteiger charge is 2.40. The van der Waals surface area contributed by atoms with Gasteiger partial charge < -0.3 is 26.1 Å². The van der Waals surface area contributed by atoms with E-state index in [1.165, 1.54) is 30.5 Å². The molecule has 0 bridgehead atoms. The fourth-order valence-corrected chi connectivity index (χ4v) is 3.49. The number of hydrogen-bond donors (Lipinski definition) is 4. The zero-order valence-electron chi connectivity index (χ0n) is 17.1. The van der Waals surface area contributed by atoms with Gasteiger partial charge in [-0.25, -0.2) is 4.99 Å². The van der Waals surface area contributed by atoms with Gasteiger partial charge in [-0.2, -0.15) is 13.2 Å². The van der Waals surface area contributed by atoms with Crippen molar-refractivity contribution < 1.29 is 17.9 Å². The van der Waals surface area contributed by atoms with E-state index in [1.807, 2.05) is 0 Å². The predicted molar refractivity (Wildman–Crippen MR) is 114 cm³/mol. The van der Waals surface area contributed by atoms with Crippen LogP contribution in [-0.2, 0) is 4.74 Å². The van der Waals surface area contributed by atoms with E-state index in [4.69, 9.17) is 10.5 Å². The van der Waals surface area contributed by atoms with Gasteiger partial charge in [0.15, 0.2) is 0 Å². The molecule has 1 aliphatic heterocycles. The number of benzene rings is 1. The summed E-state index contributed by atoms with van der Waals surface area (Å²) in [4.78, 5) is 19.3. The van der Waals surface area contributed by atoms with Gasteiger partial charge >= 0.3 is 6.18 Å². The number of H-pyrrole nitrogens is 1. The summed E-state index contributed by atoms with van der Waals surface area (Å²) in [5, 5.41) is 5.70. The summed E-state index contributed by atoms with van der Waals surface area (Å²) in [5.41, 5.74) is 6.82. The highest BCUT2D eigenvalue weighted by Crippen LogP contribution is 2.33. The van der Waals surface area contributed by atoms with Crippen LogP contribution in [0.4, 0.5) is 24.5 Å². The molecule has 168 valence electrons. The molecule has 0 aliphatic carbocycles. The molecule has 1 saturated heterocycles. The third-order valence-electron chi connectivity index (χ3n) is 4.95. The van der Waals surface area contributed by atoms with Crippen LogP contribution in [0, 0.1) is 0 Å². The van der Waals surface area contributed by atoms with Crippen LogP contribution in [0.1, 0.15) is 36.9 Å². The topological polar surface area (TPSA) is 105 Å². The molecule has 0 amide bonds. The van der Waals surface area contributed by atoms with Crippen LogP contribution in [0.3, 0.4) is 0 Å². The van der Waals surface area contributed by atoms with Crippen molar-refractivity contribution in [3.05, 3.63) is 58.0 Å². The number of anilines is 1. The van der Waals surface area contributed by atoms with Gasteiger partial charge in [-0.3, -0.25) is 4.79 Å². The van der Waals surface area contributed by atoms with Crippen LogP contribution in [0.2, 0.25) is 0 Å². The van der Waals surface area contributed by atoms with Crippen molar-refractivity contribution >= 4 is 17.2 Å². The maximum Gasteiger partial charge on any atom is 0.407 e. The highest BCUT2D eigenvalue weighted by molar-refractivity contribution is 6.03. The van der Waals surface area contributed by atoms with Crippen molar-refractivity contribution in [3.63, 3.8) is 0 Å². The number of halogens is 3. The van der Waals surface area contributed by atoms with E-state index >= 15 is 0 Å². The highest BCUT2D eigenvalue weighted by atomic mass is 19.4. The Morgan fingerprint density at radius 2 is 2.06 bits per heavy atom. The number of rotatable bonds is 7. The second kappa shape index (κ2) is 9.97. The fourth-order valence-electron chi connectivity index (χ4n) is 3.49. The summed E-state index contributed by atoms with van der Waals surface area (Å²) in [6.45, 7) is 3.02. The molecule has 31 heavy (non-hydrogen) atoms. The molecular formula is C21H26F3N5O2. The van der Waals surface area contributed by atoms with E-state index in [-0.39, 0.29) is 29.5 Å². The fraction of sp³-hybridized carbons (Fsp3) is 0.429. The first-order valence-corrected chi connectivity index (χ1v) is 10.1. The summed E-state index contributed by atoms with van der Waals surface area (Å²) in [5.74, 6) is -0.0344. The third-order valence-corrected chi connectivity index (χ3v) is 4.95. The van der Waals surface area contributed by atoms with Crippen LogP contribution >= 0.6 is 0 Å². The predicted octanol–water partition coefficient (Wildman–Crippen LogP) is 3.22. The van der Waals surface area contributed by atoms with E-state index < -0.39 is 17.8 Å². The normalized spacial score (nSPS) is 18.6. The van der Waals surface area contributed by atoms with E-state index in [0.29, 0.717) is 24.6 Å². The summed E-state index contributed by atoms with van der Waals surface area (Å²) < 4.78 is 45.2. The Morgan fingerprint density at radius 3 is 2.68 bits per heavy atom. The SMILES string of the molecule is CCNC(c1ccc(N=C(N)c2c(N[C@@H]3CCCOC3)cc[nH]c2=O)cc1)C(F)(F)F. The van der Waals surface area contributed by atoms with E-state index in [0.717, 1.165) is 12.8 Å². The number of nitrogens with two attached hydrogens (primary N) is 1. The molecule has 0 radical (unpaired) electrons. The second-order valence-electron chi connectivity index (χ2n) is 7.27. The molecule has 0 spiro atoms. The van der Waals surface area contributed by atoms with Gasteiger partial charge in [0, 0.05) is 18.8 Å². The molecular weight excluding hydrogens is 411 g/mol. The lowest BCUT2D eigenvalue weighted by Gasteiger charge is -2.25. The molecule has 10 heteroatoms. The Bertz CT molecular complexity index is 951. The van der Waals surface area contributed by atoms with Crippen LogP contribution in [0.15, 0.2) is 46.3 Å². The molecule has 1 unspecified atom stereocenters. The van der Waals surface area contributed by atoms with Gasteiger partial charge in [0.05, 0.1) is 18.0 Å². The van der Waals surface area contributed by atoms with Crippen LogP contribution in [0.5, 0.6) is 0 Å². The first-order chi connectivity index (χ1) is 14.8. The minimum absolute atomic E-state index is 0.0344. The van der Waals surface area contributed by atoms with Gasteiger partial charge in [0.1, 0.15) is 17.4 Å². The van der Waals surface area contributed by atoms with Gasteiger partial charge in [0.2, 0.25) is 0 Å². The molecule has 5 N–H and O–H groups in total. The molecule has 1 aromatic carbocycles. The quantitative estimate of drug-likeness (QED) is 0.393. The third kappa shape index (κ3) is 5.86. The lowest BCUT2D eigenvalue weighted by molar-refractivity contribution is -0.157. The van der Waals surface area contributed by atoms with E-state index in [2.05, 4.69) is 20.6 Å². The van der Waals surface area contributed by atoms with Crippen molar-refractivity contribution in [2.24, 2.45) is 10.7 Å². The summed E-state index contributed by atoms with van der Waals surface area (Å²) in [6.07, 6.45) is -1.09. The summed E-state index contributed by atoms with van der Waals surface area (Å²) in [6, 6.07) is 5.56. The maximum absolute atomic E-state index is 13.2. The van der Waals surface area contributed by atoms with Crippen molar-refractivity contribution in [1.29, 1.82) is 0 Å². The van der Waals surface area contributed by atoms with Crippen LogP contribution in [-0.4, -0.2) is 42.8 Å². The van der Waals surface area contributed by atoms with Crippen molar-refractivity contribution in [2.45, 2.75) is 38.0 Å². The molecule has 7 nitrogen and oxygen atoms in total. The lowest BCUT2D eigenvalue weighted by Crippen LogP contribution is -2.34. The van der Waals surface area contributed by atoms with Crippen LogP contribution < -0.4 is 21.9 Å². The lowest BCUT2D eigenvalue weighted by atomic mass is 10.1. The number of amidine groups is 1. The number of hydrogen-bond acceptors (Lipinski definition) is 5. The number of pyridine rings is 1. The Labute approximate surface area is 177 Å². The largest absolute Gasteiger partial charge is 0.407 e. The zero-order valence-corrected chi connectivity index (χ0v) is 17.1. The average Bonchev–Trinajstić information content (AvgIpc) is 2.73. The molecule has 1 aliphatic rings. The smallest absolute Gasteiger partial charge is 0.383 e. The van der Waals surface area contributed by atoms with Crippen molar-refractivity contribution in [3.8, 4) is 0 Å². The standard InChI is InChI=1S/C21H26F3N5O2/c1-2-26-18(21(22,23)24)13-5-7-14(8-6-13)29-19(25)17-16(9-10-27-20(17)30)28-15-4-3-11-31-12-15/h5-10,15,18,26H,2-4,11-12H2,1H3,(H2,25,29)(H2,27,28,30)/t15-,18?/m1/s1. The van der Waals surface area contributed by atoms with Gasteiger partial charge in [-0.1, -0.05) is 19.1 Å². The Hall–Kier alpha value is -2.85. The molecule has 0 saturated carbocycles. The maximum atomic E-state index is 13.2. The molecule has 1 fully saturated rings. The summed E-state index contributed by atoms with van der Waals surface area (Å²) >= 11 is 0. The van der Waals surface area contributed by atoms with Gasteiger partial charge in [-0.05, 0) is 43.1 Å². The minimum Gasteiger partial charge on any atom is -0.383 e. The van der Waals surface area contributed by atoms with Crippen molar-refractivity contribution in [2.75, 3.05) is 25.1 Å². The minimum atomic E-state index is -4.42. The Morgan fingerprint density at radius 1 is 1.32 bits per heavy atom. The first kappa shape index (κ1) is 22.8. The zero-order chi connectivity index (χ0) is 22.4. The van der Waals surface area contributed by atoms with Gasteiger partial charge in [0.25, 0.3) is 5.56 Å². The number of aromatic nitrogens is 1. The molecule has 2 aromatic rings. The Balaban J connectivity index is 1.85. The Kier molecular flexibility index (Phi) is 7.34. The second-order valence-corrected chi connectivity index (χ2v) is 7.27. The van der Waals surface area contributed by atoms with Crippen molar-refractivity contribution in [1.82, 2.24) is 10.3 Å². The van der Waals surface area contributed by atoms with E-state index in [9.17, 15) is 18.0 Å². The monoisotopic (exact) mass is 437 g/mol. The number of nitrogens with zero attached hydrogens (tertiary/aromatic N) is 1. The molecule has 2 atom stereocenters. The number of ether oxygens (including phenoxy) is 1. The number of nitrogens with one attached hydrogen (secondary N) is 3.